The summed E-state index contributed by atoms with van der Waals surface area (Å²) in [6.45, 7) is 8.10. The largest absolute Gasteiger partial charge is 0.417 e. The summed E-state index contributed by atoms with van der Waals surface area (Å²) in [6.07, 6.45) is 8.64. The van der Waals surface area contributed by atoms with Gasteiger partial charge in [-0.25, -0.2) is 0 Å². The molecule has 0 bridgehead atoms. The van der Waals surface area contributed by atoms with Crippen LogP contribution >= 0.6 is 11.6 Å². The second-order valence-electron chi connectivity index (χ2n) is 31.3. The first kappa shape index (κ1) is 86.6. The highest BCUT2D eigenvalue weighted by Crippen LogP contribution is 2.38. The molecular formula is C76H118ClF3N12O13. The number of benzene rings is 1. The van der Waals surface area contributed by atoms with Crippen molar-refractivity contribution in [1.82, 2.24) is 60.0 Å². The van der Waals surface area contributed by atoms with Gasteiger partial charge in [-0.05, 0) is 126 Å². The lowest BCUT2D eigenvalue weighted by Gasteiger charge is -2.43. The fraction of sp³-hybridized carbons (Fsp3) is 0.737. The smallest absolute Gasteiger partial charge is 0.386 e. The molecule has 12 amide bonds. The molecule has 105 heavy (non-hydrogen) atoms. The zero-order valence-electron chi connectivity index (χ0n) is 64.3. The van der Waals surface area contributed by atoms with Crippen LogP contribution in [0.25, 0.3) is 0 Å². The van der Waals surface area contributed by atoms with E-state index in [0.717, 1.165) is 89.5 Å². The van der Waals surface area contributed by atoms with Crippen LogP contribution in [0.4, 0.5) is 13.2 Å². The van der Waals surface area contributed by atoms with E-state index in [1.54, 1.807) is 11.8 Å². The zero-order chi connectivity index (χ0) is 78.0. The molecule has 4 N–H and O–H groups in total. The summed E-state index contributed by atoms with van der Waals surface area (Å²) in [7, 11) is 9.89. The molecule has 1 spiro atoms. The minimum Gasteiger partial charge on any atom is -0.386 e. The predicted octanol–water partition coefficient (Wildman–Crippen LogP) is 6.59. The molecule has 588 valence electrons. The summed E-state index contributed by atoms with van der Waals surface area (Å²) in [5.74, 6) is -9.41. The van der Waals surface area contributed by atoms with Crippen LogP contribution in [0.3, 0.4) is 0 Å². The Balaban J connectivity index is 1.48. The molecule has 2 aliphatic heterocycles. The van der Waals surface area contributed by atoms with Crippen molar-refractivity contribution in [3.63, 3.8) is 0 Å². The molecule has 5 fully saturated rings. The van der Waals surface area contributed by atoms with Gasteiger partial charge in [-0.2, -0.15) is 13.2 Å². The molecule has 0 aromatic heterocycles. The van der Waals surface area contributed by atoms with Gasteiger partial charge in [0.15, 0.2) is 0 Å². The Labute approximate surface area is 623 Å². The topological polar surface area (TPSA) is 290 Å². The molecule has 1 aromatic rings. The lowest BCUT2D eigenvalue weighted by Crippen LogP contribution is -2.64. The van der Waals surface area contributed by atoms with E-state index in [1.807, 2.05) is 20.8 Å². The number of carbonyl (C=O) groups is 12. The number of carbonyl (C=O) groups excluding carboxylic acids is 12. The van der Waals surface area contributed by atoms with Crippen molar-refractivity contribution in [2.75, 3.05) is 95.1 Å². The molecule has 1 aromatic carbocycles. The lowest BCUT2D eigenvalue weighted by molar-refractivity contribution is -0.157. The van der Waals surface area contributed by atoms with E-state index in [2.05, 4.69) is 16.0 Å². The highest BCUT2D eigenvalue weighted by Gasteiger charge is 2.50. The summed E-state index contributed by atoms with van der Waals surface area (Å²) in [4.78, 5) is 191. The molecule has 7 atom stereocenters. The normalized spacial score (nSPS) is 25.2. The second-order valence-corrected chi connectivity index (χ2v) is 31.7. The van der Waals surface area contributed by atoms with Gasteiger partial charge in [0.05, 0.1) is 48.8 Å². The van der Waals surface area contributed by atoms with Gasteiger partial charge in [0.2, 0.25) is 70.9 Å². The molecule has 25 nitrogen and oxygen atoms in total. The molecule has 3 aliphatic carbocycles. The third kappa shape index (κ3) is 24.1. The van der Waals surface area contributed by atoms with Crippen molar-refractivity contribution in [2.24, 2.45) is 23.7 Å². The van der Waals surface area contributed by atoms with Crippen LogP contribution in [0.5, 0.6) is 0 Å². The quantitative estimate of drug-likeness (QED) is 0.143. The maximum Gasteiger partial charge on any atom is 0.417 e. The second kappa shape index (κ2) is 39.0. The molecule has 2 heterocycles. The van der Waals surface area contributed by atoms with E-state index < -0.39 is 179 Å². The molecule has 2 saturated heterocycles. The Kier molecular flexibility index (Phi) is 32.1. The lowest BCUT2D eigenvalue weighted by atomic mass is 9.81. The first-order chi connectivity index (χ1) is 49.3. The third-order valence-electron chi connectivity index (χ3n) is 22.0. The zero-order valence-corrected chi connectivity index (χ0v) is 65.0. The number of likely N-dealkylation sites (tertiary alicyclic amines) is 1. The SMILES string of the molecule is CC[C@H](C)[C@@H]1NC(=O)[C@H](CC(C)C)N(C)C(=O)C[C@@H](C(=O)N2CCCCC2)N(C)C(=O)[C@H](C2CCCCC2)N(C)C(=O)C2(CCCC2)NC(=O)CN(CC=CC(C)(C)O)C(=O)[C@H](CCc2ccc(C(F)(F)F)c(Cl)c2)NC(=O)CN(C)C(=O)[C@H](CC2CCCCC2)N(C)C(=O)CN(C)C(=O)CN(C)C1=O. The van der Waals surface area contributed by atoms with Crippen LogP contribution in [0.15, 0.2) is 30.4 Å². The van der Waals surface area contributed by atoms with Crippen LogP contribution in [0.1, 0.15) is 194 Å². The van der Waals surface area contributed by atoms with E-state index >= 15 is 28.8 Å². The summed E-state index contributed by atoms with van der Waals surface area (Å²) in [5.41, 5.74) is -3.94. The van der Waals surface area contributed by atoms with Gasteiger partial charge in [-0.3, -0.25) is 57.5 Å². The number of amides is 12. The number of hydrogen-bond donors (Lipinski definition) is 4. The van der Waals surface area contributed by atoms with E-state index in [-0.39, 0.29) is 62.5 Å². The van der Waals surface area contributed by atoms with Crippen LogP contribution < -0.4 is 16.0 Å². The summed E-state index contributed by atoms with van der Waals surface area (Å²) >= 11 is 6.18. The Bertz CT molecular complexity index is 3250. The summed E-state index contributed by atoms with van der Waals surface area (Å²) < 4.78 is 41.9. The molecule has 6 rings (SSSR count). The number of aliphatic hydroxyl groups is 1. The number of halogens is 4. The summed E-state index contributed by atoms with van der Waals surface area (Å²) in [5, 5.41) is 18.8. The number of piperidine rings is 1. The average Bonchev–Trinajstić information content (AvgIpc) is 1.77. The first-order valence-electron chi connectivity index (χ1n) is 37.8. The minimum absolute atomic E-state index is 0.00974. The summed E-state index contributed by atoms with van der Waals surface area (Å²) in [6, 6.07) is -4.72. The van der Waals surface area contributed by atoms with E-state index in [9.17, 15) is 47.0 Å². The monoisotopic (exact) mass is 1500 g/mol. The minimum atomic E-state index is -4.79. The molecule has 5 aliphatic rings. The number of rotatable bonds is 14. The van der Waals surface area contributed by atoms with Crippen molar-refractivity contribution < 1.29 is 75.8 Å². The Morgan fingerprint density at radius 2 is 1.24 bits per heavy atom. The average molecular weight is 1500 g/mol. The van der Waals surface area contributed by atoms with Gasteiger partial charge in [0.1, 0.15) is 41.8 Å². The van der Waals surface area contributed by atoms with Gasteiger partial charge < -0.3 is 65.2 Å². The molecule has 29 heteroatoms. The highest BCUT2D eigenvalue weighted by molar-refractivity contribution is 6.31. The van der Waals surface area contributed by atoms with Crippen LogP contribution in [-0.4, -0.2) is 263 Å². The Morgan fingerprint density at radius 3 is 1.82 bits per heavy atom. The maximum absolute atomic E-state index is 15.9. The van der Waals surface area contributed by atoms with Crippen molar-refractivity contribution in [3.8, 4) is 0 Å². The van der Waals surface area contributed by atoms with Crippen molar-refractivity contribution in [1.29, 1.82) is 0 Å². The molecular weight excluding hydrogens is 1380 g/mol. The van der Waals surface area contributed by atoms with Crippen LogP contribution in [0.2, 0.25) is 5.02 Å². The Hall–Kier alpha value is -7.36. The highest BCUT2D eigenvalue weighted by atomic mass is 35.5. The number of likely N-dealkylation sites (N-methyl/N-ethyl adjacent to an activating group) is 7. The van der Waals surface area contributed by atoms with Gasteiger partial charge in [0, 0.05) is 69.0 Å². The number of alkyl halides is 3. The van der Waals surface area contributed by atoms with E-state index in [4.69, 9.17) is 11.6 Å². The number of hydrogen-bond acceptors (Lipinski definition) is 13. The van der Waals surface area contributed by atoms with Crippen LogP contribution in [0, 0.1) is 23.7 Å². The van der Waals surface area contributed by atoms with E-state index in [1.165, 1.54) is 101 Å². The molecule has 0 radical (unpaired) electrons. The van der Waals surface area contributed by atoms with E-state index in [0.29, 0.717) is 58.0 Å². The number of nitrogens with zero attached hydrogens (tertiary/aromatic N) is 9. The van der Waals surface area contributed by atoms with Crippen molar-refractivity contribution in [2.45, 2.75) is 243 Å². The fourth-order valence-electron chi connectivity index (χ4n) is 15.4. The molecule has 0 unspecified atom stereocenters. The predicted molar refractivity (Wildman–Crippen MR) is 391 cm³/mol. The van der Waals surface area contributed by atoms with Crippen molar-refractivity contribution in [3.05, 3.63) is 46.5 Å². The van der Waals surface area contributed by atoms with Gasteiger partial charge in [-0.15, -0.1) is 0 Å². The van der Waals surface area contributed by atoms with Gasteiger partial charge >= 0.3 is 6.18 Å². The third-order valence-corrected chi connectivity index (χ3v) is 22.3. The Morgan fingerprint density at radius 1 is 0.657 bits per heavy atom. The van der Waals surface area contributed by atoms with Crippen LogP contribution in [-0.2, 0) is 70.1 Å². The standard InChI is InChI=1S/C76H118ClF3N12O13/c1-14-50(4)65-71(102)86(9)47-63(96)84(7)48-64(97)88(11)58(43-51-27-18-15-19-28-51)69(100)85(8)45-60(93)81-56(34-32-52-31-33-54(55(77)42-52)76(78,79)80)68(99)92(40-26-35-74(5,6)105)46-61(94)83-75(36-22-23-37-75)73(104)90(13)66(53-29-20-16-21-30-53)72(103)89(12)59(70(101)91-38-24-17-25-39-91)44-62(95)87(10)57(41-49(2)3)67(98)82-65/h26,31,33,35,42,49-51,53,56-59,65-66,105H,14-25,27-30,32,34,36-41,43-48H2,1-13H3,(H,81,93)(H,82,98)(H,83,94)/t50-,56-,57-,58-,59-,65-,66-/m0/s1. The first-order valence-corrected chi connectivity index (χ1v) is 38.2. The number of aryl methyl sites for hydroxylation is 1. The van der Waals surface area contributed by atoms with Gasteiger partial charge in [0.25, 0.3) is 0 Å². The maximum atomic E-state index is 15.9. The van der Waals surface area contributed by atoms with Gasteiger partial charge in [-0.1, -0.05) is 128 Å². The molecule has 3 saturated carbocycles. The number of nitrogens with one attached hydrogen (secondary N) is 3. The van der Waals surface area contributed by atoms with Crippen molar-refractivity contribution >= 4 is 82.5 Å². The fourth-order valence-corrected chi connectivity index (χ4v) is 15.7.